The van der Waals surface area contributed by atoms with Crippen LogP contribution in [0.2, 0.25) is 0 Å². The molecule has 2 aliphatic heterocycles. The Hall–Kier alpha value is -3.55. The van der Waals surface area contributed by atoms with E-state index in [0.717, 1.165) is 0 Å². The van der Waals surface area contributed by atoms with Crippen LogP contribution in [-0.4, -0.2) is 16.2 Å². The Labute approximate surface area is 155 Å². The third-order valence-corrected chi connectivity index (χ3v) is 4.68. The van der Waals surface area contributed by atoms with E-state index < -0.39 is 11.6 Å². The summed E-state index contributed by atoms with van der Waals surface area (Å²) in [6.07, 6.45) is 0. The molecular formula is C20H18N2O5. The van der Waals surface area contributed by atoms with E-state index in [1.54, 1.807) is 24.3 Å². The highest BCUT2D eigenvalue weighted by atomic mass is 16.6. The van der Waals surface area contributed by atoms with Gasteiger partial charge in [0.25, 0.3) is 0 Å². The highest BCUT2D eigenvalue weighted by Gasteiger charge is 2.53. The van der Waals surface area contributed by atoms with Gasteiger partial charge in [-0.2, -0.15) is 0 Å². The molecule has 5 rings (SSSR count). The lowest BCUT2D eigenvalue weighted by Crippen LogP contribution is -2.32. The third kappa shape index (κ3) is 2.26. The Morgan fingerprint density at radius 1 is 0.741 bits per heavy atom. The summed E-state index contributed by atoms with van der Waals surface area (Å²) >= 11 is 0. The van der Waals surface area contributed by atoms with E-state index in [9.17, 15) is 15.0 Å². The highest BCUT2D eigenvalue weighted by molar-refractivity contribution is 5.97. The molecule has 3 aromatic rings. The summed E-state index contributed by atoms with van der Waals surface area (Å²) in [5, 5.41) is 19.7. The number of benzene rings is 3. The van der Waals surface area contributed by atoms with Gasteiger partial charge in [-0.15, -0.1) is 0 Å². The molecule has 8 N–H and O–H groups in total. The molecule has 138 valence electrons. The second-order valence-electron chi connectivity index (χ2n) is 6.08. The molecule has 7 nitrogen and oxygen atoms in total. The van der Waals surface area contributed by atoms with Crippen molar-refractivity contribution >= 4 is 5.97 Å². The average molecular weight is 366 g/mol. The number of carbonyl (C=O) groups is 1. The summed E-state index contributed by atoms with van der Waals surface area (Å²) in [7, 11) is 0. The zero-order chi connectivity index (χ0) is 17.2. The van der Waals surface area contributed by atoms with Gasteiger partial charge >= 0.3 is 5.97 Å². The fraction of sp³-hybridized carbons (Fsp3) is 0.0500. The van der Waals surface area contributed by atoms with Gasteiger partial charge in [0.15, 0.2) is 5.60 Å². The molecule has 7 heteroatoms. The van der Waals surface area contributed by atoms with Gasteiger partial charge in [0.05, 0.1) is 5.56 Å². The minimum absolute atomic E-state index is 0. The molecule has 2 heterocycles. The molecule has 0 atom stereocenters. The molecule has 0 bridgehead atoms. The lowest BCUT2D eigenvalue weighted by atomic mass is 9.77. The van der Waals surface area contributed by atoms with Crippen LogP contribution in [0.15, 0.2) is 60.7 Å². The SMILES string of the molecule is N.N.O=C1OC2(c3ccc(O)cc3Oc3cc(O)ccc32)c2ccccc21. The first-order valence-electron chi connectivity index (χ1n) is 7.77. The minimum atomic E-state index is -1.17. The summed E-state index contributed by atoms with van der Waals surface area (Å²) < 4.78 is 11.8. The molecule has 0 saturated heterocycles. The van der Waals surface area contributed by atoms with Gasteiger partial charge in [-0.1, -0.05) is 18.2 Å². The maximum absolute atomic E-state index is 12.5. The molecular weight excluding hydrogens is 348 g/mol. The fourth-order valence-electron chi connectivity index (χ4n) is 3.65. The van der Waals surface area contributed by atoms with Crippen LogP contribution in [0.3, 0.4) is 0 Å². The first-order valence-corrected chi connectivity index (χ1v) is 7.77. The van der Waals surface area contributed by atoms with Gasteiger partial charge in [-0.3, -0.25) is 0 Å². The van der Waals surface area contributed by atoms with E-state index in [-0.39, 0.29) is 23.8 Å². The van der Waals surface area contributed by atoms with Crippen molar-refractivity contribution in [3.63, 3.8) is 0 Å². The predicted octanol–water partition coefficient (Wildman–Crippen LogP) is 3.99. The third-order valence-electron chi connectivity index (χ3n) is 4.68. The summed E-state index contributed by atoms with van der Waals surface area (Å²) in [6, 6.07) is 16.6. The van der Waals surface area contributed by atoms with E-state index >= 15 is 0 Å². The quantitative estimate of drug-likeness (QED) is 0.440. The summed E-state index contributed by atoms with van der Waals surface area (Å²) in [5.41, 5.74) is 1.28. The van der Waals surface area contributed by atoms with Crippen LogP contribution in [0, 0.1) is 0 Å². The largest absolute Gasteiger partial charge is 0.508 e. The molecule has 0 aromatic heterocycles. The molecule has 3 aromatic carbocycles. The molecule has 27 heavy (non-hydrogen) atoms. The van der Waals surface area contributed by atoms with Crippen molar-refractivity contribution in [3.8, 4) is 23.0 Å². The van der Waals surface area contributed by atoms with Gasteiger partial charge < -0.3 is 32.0 Å². The van der Waals surface area contributed by atoms with Crippen molar-refractivity contribution in [2.45, 2.75) is 5.60 Å². The fourth-order valence-corrected chi connectivity index (χ4v) is 3.65. The van der Waals surface area contributed by atoms with Crippen LogP contribution >= 0.6 is 0 Å². The molecule has 1 spiro atoms. The normalized spacial score (nSPS) is 14.6. The van der Waals surface area contributed by atoms with Crippen LogP contribution in [0.1, 0.15) is 27.0 Å². The zero-order valence-electron chi connectivity index (χ0n) is 14.3. The first kappa shape index (κ1) is 18.2. The molecule has 2 aliphatic rings. The van der Waals surface area contributed by atoms with Gasteiger partial charge in [0.1, 0.15) is 23.0 Å². The summed E-state index contributed by atoms with van der Waals surface area (Å²) in [4.78, 5) is 12.5. The lowest BCUT2D eigenvalue weighted by Gasteiger charge is -2.36. The highest BCUT2D eigenvalue weighted by Crippen LogP contribution is 2.56. The number of esters is 1. The van der Waals surface area contributed by atoms with E-state index in [4.69, 9.17) is 9.47 Å². The topological polar surface area (TPSA) is 146 Å². The Bertz CT molecular complexity index is 1010. The van der Waals surface area contributed by atoms with Gasteiger partial charge in [0.2, 0.25) is 0 Å². The second kappa shape index (κ2) is 6.01. The Morgan fingerprint density at radius 3 is 1.89 bits per heavy atom. The van der Waals surface area contributed by atoms with Crippen molar-refractivity contribution in [2.75, 3.05) is 0 Å². The molecule has 0 fully saturated rings. The smallest absolute Gasteiger partial charge is 0.340 e. The zero-order valence-corrected chi connectivity index (χ0v) is 14.3. The van der Waals surface area contributed by atoms with Crippen LogP contribution < -0.4 is 17.0 Å². The number of carbonyl (C=O) groups excluding carboxylic acids is 1. The van der Waals surface area contributed by atoms with Crippen LogP contribution in [0.5, 0.6) is 23.0 Å². The number of aromatic hydroxyl groups is 2. The van der Waals surface area contributed by atoms with Crippen molar-refractivity contribution in [3.05, 3.63) is 82.9 Å². The average Bonchev–Trinajstić information content (AvgIpc) is 2.88. The molecule has 0 aliphatic carbocycles. The number of ether oxygens (including phenoxy) is 2. The van der Waals surface area contributed by atoms with E-state index in [2.05, 4.69) is 0 Å². The lowest BCUT2D eigenvalue weighted by molar-refractivity contribution is 0.0224. The number of phenolic OH excluding ortho intramolecular Hbond substituents is 2. The number of phenols is 2. The van der Waals surface area contributed by atoms with Crippen LogP contribution in [0.4, 0.5) is 0 Å². The predicted molar refractivity (Wildman–Crippen MR) is 98.1 cm³/mol. The number of hydrogen-bond donors (Lipinski definition) is 4. The maximum Gasteiger partial charge on any atom is 0.340 e. The molecule has 0 unspecified atom stereocenters. The minimum Gasteiger partial charge on any atom is -0.508 e. The molecule has 0 saturated carbocycles. The van der Waals surface area contributed by atoms with E-state index in [0.29, 0.717) is 33.8 Å². The molecule has 0 radical (unpaired) electrons. The second-order valence-corrected chi connectivity index (χ2v) is 6.08. The van der Waals surface area contributed by atoms with Crippen LogP contribution in [-0.2, 0) is 10.3 Å². The van der Waals surface area contributed by atoms with Crippen molar-refractivity contribution in [2.24, 2.45) is 0 Å². The summed E-state index contributed by atoms with van der Waals surface area (Å²) in [5.74, 6) is 0.408. The number of fused-ring (bicyclic) bond motifs is 6. The maximum atomic E-state index is 12.5. The van der Waals surface area contributed by atoms with Gasteiger partial charge in [-0.25, -0.2) is 4.79 Å². The summed E-state index contributed by atoms with van der Waals surface area (Å²) in [6.45, 7) is 0. The van der Waals surface area contributed by atoms with Gasteiger partial charge in [-0.05, 0) is 30.3 Å². The van der Waals surface area contributed by atoms with Crippen molar-refractivity contribution < 1.29 is 24.5 Å². The standard InChI is InChI=1S/C20H12O5.2H3N/c21-11-5-7-15-17(9-11)24-18-10-12(22)6-8-16(18)20(15)14-4-2-1-3-13(14)19(23)25-20;;/h1-10,21-22H;2*1H3. The Morgan fingerprint density at radius 2 is 1.30 bits per heavy atom. The Kier molecular flexibility index (Phi) is 4.06. The van der Waals surface area contributed by atoms with Crippen molar-refractivity contribution in [1.29, 1.82) is 0 Å². The first-order chi connectivity index (χ1) is 12.1. The number of hydrogen-bond acceptors (Lipinski definition) is 7. The molecule has 0 amide bonds. The monoisotopic (exact) mass is 366 g/mol. The van der Waals surface area contributed by atoms with Crippen LogP contribution in [0.25, 0.3) is 0 Å². The van der Waals surface area contributed by atoms with Crippen molar-refractivity contribution in [1.82, 2.24) is 12.3 Å². The van der Waals surface area contributed by atoms with E-state index in [1.165, 1.54) is 24.3 Å². The number of rotatable bonds is 0. The van der Waals surface area contributed by atoms with Gasteiger partial charge in [0, 0.05) is 28.8 Å². The Balaban J connectivity index is 0.00000105. The van der Waals surface area contributed by atoms with E-state index in [1.807, 2.05) is 12.1 Å².